The molecule has 0 saturated heterocycles. The minimum absolute atomic E-state index is 0.0313. The zero-order chi connectivity index (χ0) is 26.8. The quantitative estimate of drug-likeness (QED) is 0.279. The SMILES string of the molecule is CNC(=O)c1ncccc1Nc1nc(Nc2cc3c(cc2OC)CCN3C(=O)CN(C)C)nc2[nH]ccc12. The second kappa shape index (κ2) is 10.3. The van der Waals surface area contributed by atoms with Gasteiger partial charge in [-0.15, -0.1) is 0 Å². The highest BCUT2D eigenvalue weighted by molar-refractivity contribution is 6.00. The standard InChI is InChI=1S/C26H29N9O3/c1-27-25(37)22-17(6-5-9-28-22)30-24-16-7-10-29-23(16)32-26(33-24)31-18-13-19-15(12-20(18)38-4)8-11-35(19)21(36)14-34(2)3/h5-7,9-10,12-13H,8,11,14H2,1-4H3,(H,27,37)(H3,29,30,31,32,33). The van der Waals surface area contributed by atoms with E-state index in [-0.39, 0.29) is 17.5 Å². The number of likely N-dealkylation sites (N-methyl/N-ethyl adjacent to an activating group) is 1. The number of fused-ring (bicyclic) bond motifs is 2. The van der Waals surface area contributed by atoms with E-state index in [2.05, 4.69) is 30.9 Å². The summed E-state index contributed by atoms with van der Waals surface area (Å²) in [6, 6.07) is 9.19. The van der Waals surface area contributed by atoms with E-state index < -0.39 is 0 Å². The van der Waals surface area contributed by atoms with Crippen LogP contribution in [0, 0.1) is 0 Å². The predicted octanol–water partition coefficient (Wildman–Crippen LogP) is 2.66. The number of amides is 2. The molecular formula is C26H29N9O3. The van der Waals surface area contributed by atoms with Crippen molar-refractivity contribution >= 4 is 51.7 Å². The second-order valence-corrected chi connectivity index (χ2v) is 9.08. The molecule has 38 heavy (non-hydrogen) atoms. The molecule has 2 amide bonds. The highest BCUT2D eigenvalue weighted by atomic mass is 16.5. The number of carbonyl (C=O) groups is 2. The van der Waals surface area contributed by atoms with Gasteiger partial charge in [-0.25, -0.2) is 4.98 Å². The van der Waals surface area contributed by atoms with Crippen LogP contribution in [-0.4, -0.2) is 78.0 Å². The second-order valence-electron chi connectivity index (χ2n) is 9.08. The molecule has 0 fully saturated rings. The van der Waals surface area contributed by atoms with Gasteiger partial charge >= 0.3 is 0 Å². The van der Waals surface area contributed by atoms with Crippen molar-refractivity contribution in [1.82, 2.24) is 30.2 Å². The Balaban J connectivity index is 1.51. The minimum atomic E-state index is -0.318. The predicted molar refractivity (Wildman–Crippen MR) is 146 cm³/mol. The third-order valence-corrected chi connectivity index (χ3v) is 6.21. The number of nitrogens with zero attached hydrogens (tertiary/aromatic N) is 5. The van der Waals surface area contributed by atoms with Gasteiger partial charge in [-0.05, 0) is 56.4 Å². The number of rotatable bonds is 8. The highest BCUT2D eigenvalue weighted by Crippen LogP contribution is 2.39. The van der Waals surface area contributed by atoms with E-state index in [9.17, 15) is 9.59 Å². The number of ether oxygens (including phenoxy) is 1. The maximum atomic E-state index is 12.8. The van der Waals surface area contributed by atoms with Crippen LogP contribution in [0.4, 0.5) is 28.8 Å². The van der Waals surface area contributed by atoms with Crippen molar-refractivity contribution in [2.45, 2.75) is 6.42 Å². The Labute approximate surface area is 219 Å². The molecule has 0 aliphatic carbocycles. The number of hydrogen-bond acceptors (Lipinski definition) is 9. The molecule has 1 aromatic carbocycles. The monoisotopic (exact) mass is 515 g/mol. The fourth-order valence-corrected chi connectivity index (χ4v) is 4.44. The molecule has 0 bridgehead atoms. The zero-order valence-electron chi connectivity index (χ0n) is 21.6. The Morgan fingerprint density at radius 1 is 1.16 bits per heavy atom. The molecule has 0 saturated carbocycles. The van der Waals surface area contributed by atoms with Crippen LogP contribution in [0.3, 0.4) is 0 Å². The fourth-order valence-electron chi connectivity index (χ4n) is 4.44. The number of carbonyl (C=O) groups excluding carboxylic acids is 2. The van der Waals surface area contributed by atoms with Crippen LogP contribution < -0.4 is 25.6 Å². The summed E-state index contributed by atoms with van der Waals surface area (Å²) in [6.45, 7) is 0.939. The molecule has 0 spiro atoms. The summed E-state index contributed by atoms with van der Waals surface area (Å²) in [6.07, 6.45) is 4.08. The van der Waals surface area contributed by atoms with Crippen LogP contribution in [0.25, 0.3) is 11.0 Å². The summed E-state index contributed by atoms with van der Waals surface area (Å²) < 4.78 is 5.65. The third-order valence-electron chi connectivity index (χ3n) is 6.21. The molecule has 4 aromatic rings. The summed E-state index contributed by atoms with van der Waals surface area (Å²) in [5.41, 5.74) is 3.85. The van der Waals surface area contributed by atoms with E-state index >= 15 is 0 Å². The van der Waals surface area contributed by atoms with Crippen LogP contribution in [-0.2, 0) is 11.2 Å². The van der Waals surface area contributed by atoms with Crippen molar-refractivity contribution in [3.8, 4) is 5.75 Å². The van der Waals surface area contributed by atoms with Crippen molar-refractivity contribution in [3.05, 3.63) is 54.0 Å². The number of aromatic nitrogens is 4. The molecule has 12 nitrogen and oxygen atoms in total. The van der Waals surface area contributed by atoms with E-state index in [1.807, 2.05) is 37.2 Å². The molecule has 3 aromatic heterocycles. The lowest BCUT2D eigenvalue weighted by atomic mass is 10.1. The van der Waals surface area contributed by atoms with Gasteiger partial charge in [-0.3, -0.25) is 9.59 Å². The van der Waals surface area contributed by atoms with Gasteiger partial charge in [0, 0.05) is 31.7 Å². The number of benzene rings is 1. The molecule has 0 unspecified atom stereocenters. The molecule has 4 heterocycles. The average Bonchev–Trinajstić information content (AvgIpc) is 3.54. The first-order valence-electron chi connectivity index (χ1n) is 12.1. The van der Waals surface area contributed by atoms with Gasteiger partial charge in [0.05, 0.1) is 30.4 Å². The number of nitrogens with one attached hydrogen (secondary N) is 4. The van der Waals surface area contributed by atoms with E-state index in [0.717, 1.165) is 23.1 Å². The number of pyridine rings is 1. The first-order valence-corrected chi connectivity index (χ1v) is 12.1. The first kappa shape index (κ1) is 25.0. The lowest BCUT2D eigenvalue weighted by molar-refractivity contribution is -0.119. The third kappa shape index (κ3) is 4.81. The molecule has 1 aliphatic heterocycles. The van der Waals surface area contributed by atoms with Gasteiger partial charge in [-0.2, -0.15) is 9.97 Å². The highest BCUT2D eigenvalue weighted by Gasteiger charge is 2.27. The Kier molecular flexibility index (Phi) is 6.79. The normalized spacial score (nSPS) is 12.5. The van der Waals surface area contributed by atoms with E-state index in [0.29, 0.717) is 47.6 Å². The molecule has 1 aliphatic rings. The lowest BCUT2D eigenvalue weighted by Gasteiger charge is -2.21. The molecule has 196 valence electrons. The molecule has 0 radical (unpaired) electrons. The summed E-state index contributed by atoms with van der Waals surface area (Å²) in [7, 11) is 6.90. The van der Waals surface area contributed by atoms with Gasteiger partial charge < -0.3 is 35.5 Å². The summed E-state index contributed by atoms with van der Waals surface area (Å²) in [5.74, 6) is 1.12. The maximum Gasteiger partial charge on any atom is 0.271 e. The molecule has 5 rings (SSSR count). The largest absolute Gasteiger partial charge is 0.495 e. The van der Waals surface area contributed by atoms with Gasteiger partial charge in [0.2, 0.25) is 11.9 Å². The van der Waals surface area contributed by atoms with Gasteiger partial charge in [0.15, 0.2) is 5.69 Å². The van der Waals surface area contributed by atoms with Crippen molar-refractivity contribution in [2.24, 2.45) is 0 Å². The summed E-state index contributed by atoms with van der Waals surface area (Å²) in [5, 5.41) is 9.83. The number of hydrogen-bond donors (Lipinski definition) is 4. The van der Waals surface area contributed by atoms with Crippen molar-refractivity contribution in [1.29, 1.82) is 0 Å². The number of methoxy groups -OCH3 is 1. The smallest absolute Gasteiger partial charge is 0.271 e. The van der Waals surface area contributed by atoms with E-state index in [4.69, 9.17) is 9.72 Å². The fraction of sp³-hybridized carbons (Fsp3) is 0.269. The van der Waals surface area contributed by atoms with Gasteiger partial charge in [0.25, 0.3) is 5.91 Å². The minimum Gasteiger partial charge on any atom is -0.495 e. The lowest BCUT2D eigenvalue weighted by Crippen LogP contribution is -2.36. The number of aromatic amines is 1. The van der Waals surface area contributed by atoms with E-state index in [1.165, 1.54) is 0 Å². The Hall–Kier alpha value is -4.71. The first-order chi connectivity index (χ1) is 18.4. The zero-order valence-corrected chi connectivity index (χ0v) is 21.6. The van der Waals surface area contributed by atoms with Crippen LogP contribution in [0.5, 0.6) is 5.75 Å². The molecule has 12 heteroatoms. The van der Waals surface area contributed by atoms with E-state index in [1.54, 1.807) is 43.6 Å². The van der Waals surface area contributed by atoms with Gasteiger partial charge in [0.1, 0.15) is 17.2 Å². The van der Waals surface area contributed by atoms with Crippen LogP contribution in [0.2, 0.25) is 0 Å². The van der Waals surface area contributed by atoms with Crippen molar-refractivity contribution < 1.29 is 14.3 Å². The topological polar surface area (TPSA) is 140 Å². The Morgan fingerprint density at radius 2 is 2.00 bits per heavy atom. The van der Waals surface area contributed by atoms with Crippen molar-refractivity contribution in [3.63, 3.8) is 0 Å². The van der Waals surface area contributed by atoms with Crippen LogP contribution in [0.15, 0.2) is 42.7 Å². The van der Waals surface area contributed by atoms with Crippen LogP contribution >= 0.6 is 0 Å². The average molecular weight is 516 g/mol. The Morgan fingerprint density at radius 3 is 2.76 bits per heavy atom. The van der Waals surface area contributed by atoms with Gasteiger partial charge in [-0.1, -0.05) is 0 Å². The molecule has 0 atom stereocenters. The summed E-state index contributed by atoms with van der Waals surface area (Å²) in [4.78, 5) is 45.5. The maximum absolute atomic E-state index is 12.8. The number of anilines is 5. The molecular weight excluding hydrogens is 486 g/mol. The summed E-state index contributed by atoms with van der Waals surface area (Å²) >= 11 is 0. The van der Waals surface area contributed by atoms with Crippen LogP contribution in [0.1, 0.15) is 16.1 Å². The molecule has 4 N–H and O–H groups in total. The van der Waals surface area contributed by atoms with Crippen molar-refractivity contribution in [2.75, 3.05) is 56.9 Å². The Bertz CT molecular complexity index is 1520. The number of H-pyrrole nitrogens is 1.